The molecule has 0 aliphatic carbocycles. The number of benzene rings is 2. The molecule has 2 aromatic carbocycles. The molecule has 0 spiro atoms. The van der Waals surface area contributed by atoms with Gasteiger partial charge in [-0.1, -0.05) is 35.9 Å². The minimum Gasteiger partial charge on any atom is -0.487 e. The Morgan fingerprint density at radius 3 is 2.65 bits per heavy atom. The molecule has 1 aromatic heterocycles. The highest BCUT2D eigenvalue weighted by molar-refractivity contribution is 6.32. The van der Waals surface area contributed by atoms with Crippen molar-refractivity contribution in [3.8, 4) is 5.75 Å². The van der Waals surface area contributed by atoms with Crippen molar-refractivity contribution in [3.63, 3.8) is 0 Å². The fraction of sp³-hybridized carbons (Fsp3) is 0.261. The number of nitrogens with zero attached hydrogens (tertiary/aromatic N) is 2. The number of hydrogen-bond acceptors (Lipinski definition) is 5. The first-order chi connectivity index (χ1) is 14.9. The Balaban J connectivity index is 1.74. The standard InChI is InChI=1S/C23H24ClN3O4/c1-4-27-13-19(21(26-27)23(29)31-15(2)3)25-22(28)17-9-7-8-16(12-17)14-30-20-11-6-5-10-18(20)24/h5-13,15H,4,14H2,1-3H3,(H,25,28). The lowest BCUT2D eigenvalue weighted by Crippen LogP contribution is -2.17. The molecule has 0 unspecified atom stereocenters. The molecule has 0 saturated heterocycles. The van der Waals surface area contributed by atoms with Gasteiger partial charge >= 0.3 is 5.97 Å². The lowest BCUT2D eigenvalue weighted by atomic mass is 10.1. The van der Waals surface area contributed by atoms with Crippen molar-refractivity contribution in [2.24, 2.45) is 0 Å². The van der Waals surface area contributed by atoms with Gasteiger partial charge in [-0.05, 0) is 50.6 Å². The van der Waals surface area contributed by atoms with Gasteiger partial charge in [-0.15, -0.1) is 0 Å². The predicted molar refractivity (Wildman–Crippen MR) is 119 cm³/mol. The number of halogens is 1. The molecule has 0 fully saturated rings. The molecule has 0 atom stereocenters. The molecular weight excluding hydrogens is 418 g/mol. The van der Waals surface area contributed by atoms with E-state index in [9.17, 15) is 9.59 Å². The van der Waals surface area contributed by atoms with E-state index in [1.165, 1.54) is 0 Å². The molecule has 0 aliphatic rings. The zero-order valence-electron chi connectivity index (χ0n) is 17.6. The van der Waals surface area contributed by atoms with Gasteiger partial charge in [0, 0.05) is 18.3 Å². The fourth-order valence-corrected chi connectivity index (χ4v) is 3.01. The normalized spacial score (nSPS) is 10.7. The second kappa shape index (κ2) is 10.1. The fourth-order valence-electron chi connectivity index (χ4n) is 2.82. The first kappa shape index (κ1) is 22.4. The minimum atomic E-state index is -0.584. The maximum absolute atomic E-state index is 12.8. The molecule has 1 N–H and O–H groups in total. The van der Waals surface area contributed by atoms with E-state index < -0.39 is 5.97 Å². The summed E-state index contributed by atoms with van der Waals surface area (Å²) in [7, 11) is 0. The van der Waals surface area contributed by atoms with Gasteiger partial charge in [0.25, 0.3) is 5.91 Å². The smallest absolute Gasteiger partial charge is 0.361 e. The molecule has 1 heterocycles. The zero-order chi connectivity index (χ0) is 22.4. The number of rotatable bonds is 8. The second-order valence-electron chi connectivity index (χ2n) is 7.07. The lowest BCUT2D eigenvalue weighted by Gasteiger charge is -2.10. The predicted octanol–water partition coefficient (Wildman–Crippen LogP) is 4.95. The molecular formula is C23H24ClN3O4. The molecule has 3 rings (SSSR count). The van der Waals surface area contributed by atoms with E-state index in [-0.39, 0.29) is 24.3 Å². The van der Waals surface area contributed by atoms with Crippen molar-refractivity contribution in [1.29, 1.82) is 0 Å². The number of para-hydroxylation sites is 1. The Bertz CT molecular complexity index is 1080. The maximum Gasteiger partial charge on any atom is 0.361 e. The Morgan fingerprint density at radius 1 is 1.16 bits per heavy atom. The summed E-state index contributed by atoms with van der Waals surface area (Å²) in [5.41, 5.74) is 1.60. The van der Waals surface area contributed by atoms with Crippen LogP contribution in [-0.4, -0.2) is 27.8 Å². The van der Waals surface area contributed by atoms with E-state index in [0.717, 1.165) is 5.56 Å². The number of amides is 1. The summed E-state index contributed by atoms with van der Waals surface area (Å²) in [6.45, 7) is 6.20. The van der Waals surface area contributed by atoms with E-state index in [0.29, 0.717) is 28.6 Å². The van der Waals surface area contributed by atoms with Crippen molar-refractivity contribution >= 4 is 29.2 Å². The minimum absolute atomic E-state index is 0.0714. The number of carbonyl (C=O) groups is 2. The number of esters is 1. The van der Waals surface area contributed by atoms with Gasteiger partial charge < -0.3 is 14.8 Å². The monoisotopic (exact) mass is 441 g/mol. The molecule has 0 radical (unpaired) electrons. The number of ether oxygens (including phenoxy) is 2. The molecule has 0 bridgehead atoms. The van der Waals surface area contributed by atoms with E-state index in [4.69, 9.17) is 21.1 Å². The second-order valence-corrected chi connectivity index (χ2v) is 7.48. The number of nitrogens with one attached hydrogen (secondary N) is 1. The van der Waals surface area contributed by atoms with Crippen LogP contribution in [0.25, 0.3) is 0 Å². The maximum atomic E-state index is 12.8. The highest BCUT2D eigenvalue weighted by Crippen LogP contribution is 2.24. The third-order valence-electron chi connectivity index (χ3n) is 4.29. The Morgan fingerprint density at radius 2 is 1.94 bits per heavy atom. The molecule has 162 valence electrons. The van der Waals surface area contributed by atoms with Crippen LogP contribution in [0.1, 0.15) is 47.2 Å². The topological polar surface area (TPSA) is 82.5 Å². The number of carbonyl (C=O) groups excluding carboxylic acids is 2. The summed E-state index contributed by atoms with van der Waals surface area (Å²) in [6.07, 6.45) is 1.32. The zero-order valence-corrected chi connectivity index (χ0v) is 18.3. The van der Waals surface area contributed by atoms with Crippen molar-refractivity contribution in [2.75, 3.05) is 5.32 Å². The quantitative estimate of drug-likeness (QED) is 0.500. The summed E-state index contributed by atoms with van der Waals surface area (Å²) in [5.74, 6) is -0.382. The number of anilines is 1. The lowest BCUT2D eigenvalue weighted by molar-refractivity contribution is 0.0371. The molecule has 0 aliphatic heterocycles. The molecule has 1 amide bonds. The average Bonchev–Trinajstić information content (AvgIpc) is 3.16. The Labute approximate surface area is 185 Å². The van der Waals surface area contributed by atoms with Crippen molar-refractivity contribution < 1.29 is 19.1 Å². The van der Waals surface area contributed by atoms with Gasteiger partial charge in [0.2, 0.25) is 0 Å². The van der Waals surface area contributed by atoms with Crippen LogP contribution >= 0.6 is 11.6 Å². The van der Waals surface area contributed by atoms with Crippen LogP contribution in [0, 0.1) is 0 Å². The Hall–Kier alpha value is -3.32. The molecule has 7 nitrogen and oxygen atoms in total. The van der Waals surface area contributed by atoms with E-state index in [1.54, 1.807) is 55.1 Å². The number of hydrogen-bond donors (Lipinski definition) is 1. The van der Waals surface area contributed by atoms with E-state index in [2.05, 4.69) is 10.4 Å². The van der Waals surface area contributed by atoms with E-state index >= 15 is 0 Å². The summed E-state index contributed by atoms with van der Waals surface area (Å²) < 4.78 is 12.5. The highest BCUT2D eigenvalue weighted by atomic mass is 35.5. The average molecular weight is 442 g/mol. The van der Waals surface area contributed by atoms with Crippen molar-refractivity contribution in [2.45, 2.75) is 40.0 Å². The van der Waals surface area contributed by atoms with Crippen LogP contribution < -0.4 is 10.1 Å². The van der Waals surface area contributed by atoms with Crippen LogP contribution in [0.3, 0.4) is 0 Å². The molecule has 8 heteroatoms. The first-order valence-electron chi connectivity index (χ1n) is 9.93. The SMILES string of the molecule is CCn1cc(NC(=O)c2cccc(COc3ccccc3Cl)c2)c(C(=O)OC(C)C)n1. The summed E-state index contributed by atoms with van der Waals surface area (Å²) in [6, 6.07) is 14.2. The molecule has 3 aromatic rings. The van der Waals surface area contributed by atoms with Gasteiger partial charge in [0.15, 0.2) is 5.69 Å². The number of aryl methyl sites for hydroxylation is 1. The molecule has 0 saturated carbocycles. The van der Waals surface area contributed by atoms with Gasteiger partial charge in [-0.2, -0.15) is 5.10 Å². The largest absolute Gasteiger partial charge is 0.487 e. The van der Waals surface area contributed by atoms with Crippen molar-refractivity contribution in [1.82, 2.24) is 9.78 Å². The van der Waals surface area contributed by atoms with Crippen LogP contribution in [0.4, 0.5) is 5.69 Å². The van der Waals surface area contributed by atoms with Gasteiger partial charge in [-0.3, -0.25) is 9.48 Å². The van der Waals surface area contributed by atoms with Gasteiger partial charge in [0.1, 0.15) is 12.4 Å². The van der Waals surface area contributed by atoms with Crippen LogP contribution in [0.15, 0.2) is 54.7 Å². The first-order valence-corrected chi connectivity index (χ1v) is 10.3. The molecule has 31 heavy (non-hydrogen) atoms. The van der Waals surface area contributed by atoms with Crippen molar-refractivity contribution in [3.05, 3.63) is 76.6 Å². The van der Waals surface area contributed by atoms with Gasteiger partial charge in [0.05, 0.1) is 16.8 Å². The van der Waals surface area contributed by atoms with E-state index in [1.807, 2.05) is 25.1 Å². The third-order valence-corrected chi connectivity index (χ3v) is 4.60. The van der Waals surface area contributed by atoms with Crippen LogP contribution in [0.5, 0.6) is 5.75 Å². The summed E-state index contributed by atoms with van der Waals surface area (Å²) >= 11 is 6.11. The number of aromatic nitrogens is 2. The third kappa shape index (κ3) is 5.86. The van der Waals surface area contributed by atoms with Crippen LogP contribution in [0.2, 0.25) is 5.02 Å². The Kier molecular flexibility index (Phi) is 7.31. The van der Waals surface area contributed by atoms with Crippen LogP contribution in [-0.2, 0) is 17.9 Å². The summed E-state index contributed by atoms with van der Waals surface area (Å²) in [5, 5.41) is 7.49. The highest BCUT2D eigenvalue weighted by Gasteiger charge is 2.21. The van der Waals surface area contributed by atoms with Gasteiger partial charge in [-0.25, -0.2) is 4.79 Å². The summed E-state index contributed by atoms with van der Waals surface area (Å²) in [4.78, 5) is 25.2.